The van der Waals surface area contributed by atoms with Crippen molar-refractivity contribution in [2.24, 2.45) is 0 Å². The van der Waals surface area contributed by atoms with Gasteiger partial charge in [0.15, 0.2) is 0 Å². The van der Waals surface area contributed by atoms with Gasteiger partial charge < -0.3 is 9.84 Å². The Balaban J connectivity index is 2.35. The zero-order valence-corrected chi connectivity index (χ0v) is 11.9. The second kappa shape index (κ2) is 6.15. The van der Waals surface area contributed by atoms with Crippen LogP contribution in [0.15, 0.2) is 36.4 Å². The summed E-state index contributed by atoms with van der Waals surface area (Å²) >= 11 is 0. The monoisotopic (exact) mass is 327 g/mol. The highest BCUT2D eigenvalue weighted by molar-refractivity contribution is 5.46. The van der Waals surface area contributed by atoms with Gasteiger partial charge in [0.25, 0.3) is 5.69 Å². The van der Waals surface area contributed by atoms with Crippen molar-refractivity contribution in [1.29, 1.82) is 0 Å². The van der Waals surface area contributed by atoms with Gasteiger partial charge in [-0.1, -0.05) is 12.1 Å². The third-order valence-electron chi connectivity index (χ3n) is 3.22. The van der Waals surface area contributed by atoms with Crippen molar-refractivity contribution in [1.82, 2.24) is 0 Å². The molecule has 0 aromatic heterocycles. The number of hydrogen-bond acceptors (Lipinski definition) is 4. The summed E-state index contributed by atoms with van der Waals surface area (Å²) < 4.78 is 44.0. The van der Waals surface area contributed by atoms with Crippen LogP contribution in [0.4, 0.5) is 18.9 Å². The van der Waals surface area contributed by atoms with Crippen molar-refractivity contribution in [3.8, 4) is 11.5 Å². The van der Waals surface area contributed by atoms with Crippen molar-refractivity contribution >= 4 is 5.69 Å². The Morgan fingerprint density at radius 3 is 2.57 bits per heavy atom. The van der Waals surface area contributed by atoms with Gasteiger partial charge in [-0.3, -0.25) is 10.1 Å². The van der Waals surface area contributed by atoms with Gasteiger partial charge in [0.05, 0.1) is 10.5 Å². The number of nitro benzene ring substituents is 1. The number of nitro groups is 1. The average molecular weight is 327 g/mol. The number of nitrogens with zero attached hydrogens (tertiary/aromatic N) is 1. The molecule has 2 aromatic rings. The number of ether oxygens (including phenoxy) is 1. The summed E-state index contributed by atoms with van der Waals surface area (Å²) in [5, 5.41) is 20.2. The van der Waals surface area contributed by atoms with Crippen molar-refractivity contribution in [3.05, 3.63) is 63.2 Å². The molecule has 0 atom stereocenters. The van der Waals surface area contributed by atoms with Gasteiger partial charge in [0.1, 0.15) is 23.7 Å². The number of rotatable bonds is 4. The molecule has 122 valence electrons. The number of alkyl halides is 3. The standard InChI is InChI=1S/C15H12F3NO4/c1-9-3-2-4-13(19(21)22)11(9)8-23-14-6-5-10(20)7-12(14)15(16,17)18/h2-7,20H,8H2,1H3. The molecule has 5 nitrogen and oxygen atoms in total. The number of halogens is 3. The van der Waals surface area contributed by atoms with Gasteiger partial charge in [-0.15, -0.1) is 0 Å². The van der Waals surface area contributed by atoms with Crippen molar-refractivity contribution in [2.75, 3.05) is 0 Å². The minimum atomic E-state index is -4.72. The summed E-state index contributed by atoms with van der Waals surface area (Å²) in [5.41, 5.74) is -0.642. The fourth-order valence-electron chi connectivity index (χ4n) is 2.06. The lowest BCUT2D eigenvalue weighted by Gasteiger charge is -2.15. The molecule has 1 N–H and O–H groups in total. The van der Waals surface area contributed by atoms with Crippen LogP contribution in [0.1, 0.15) is 16.7 Å². The maximum absolute atomic E-state index is 12.9. The van der Waals surface area contributed by atoms with Gasteiger partial charge in [-0.05, 0) is 30.7 Å². The molecule has 0 saturated heterocycles. The summed E-state index contributed by atoms with van der Waals surface area (Å²) in [6.07, 6.45) is -4.72. The second-order valence-electron chi connectivity index (χ2n) is 4.80. The Morgan fingerprint density at radius 2 is 1.96 bits per heavy atom. The quantitative estimate of drug-likeness (QED) is 0.674. The number of aromatic hydroxyl groups is 1. The summed E-state index contributed by atoms with van der Waals surface area (Å²) in [6.45, 7) is 1.21. The summed E-state index contributed by atoms with van der Waals surface area (Å²) in [6, 6.07) is 6.92. The van der Waals surface area contributed by atoms with E-state index in [1.807, 2.05) is 0 Å². The molecule has 0 amide bonds. The number of hydrogen-bond donors (Lipinski definition) is 1. The number of aryl methyl sites for hydroxylation is 1. The van der Waals surface area contributed by atoms with Gasteiger partial charge in [0.2, 0.25) is 0 Å². The molecule has 0 radical (unpaired) electrons. The fraction of sp³-hybridized carbons (Fsp3) is 0.200. The van der Waals surface area contributed by atoms with E-state index in [0.717, 1.165) is 12.1 Å². The van der Waals surface area contributed by atoms with Crippen LogP contribution in [-0.2, 0) is 12.8 Å². The topological polar surface area (TPSA) is 72.6 Å². The molecule has 8 heteroatoms. The lowest BCUT2D eigenvalue weighted by molar-refractivity contribution is -0.385. The summed E-state index contributed by atoms with van der Waals surface area (Å²) in [5.74, 6) is -1.06. The molecule has 0 fully saturated rings. The van der Waals surface area contributed by atoms with Gasteiger partial charge in [0, 0.05) is 6.07 Å². The van der Waals surface area contributed by atoms with E-state index in [-0.39, 0.29) is 11.3 Å². The summed E-state index contributed by atoms with van der Waals surface area (Å²) in [4.78, 5) is 10.4. The zero-order chi connectivity index (χ0) is 17.2. The van der Waals surface area contributed by atoms with Crippen LogP contribution >= 0.6 is 0 Å². The highest BCUT2D eigenvalue weighted by atomic mass is 19.4. The molecule has 0 heterocycles. The molecule has 0 aliphatic rings. The highest BCUT2D eigenvalue weighted by Crippen LogP contribution is 2.38. The molecule has 23 heavy (non-hydrogen) atoms. The Bertz CT molecular complexity index is 744. The van der Waals surface area contributed by atoms with E-state index < -0.39 is 34.8 Å². The predicted molar refractivity (Wildman–Crippen MR) is 75.3 cm³/mol. The van der Waals surface area contributed by atoms with E-state index in [1.165, 1.54) is 12.1 Å². The molecule has 0 spiro atoms. The average Bonchev–Trinajstić information content (AvgIpc) is 2.45. The minimum absolute atomic E-state index is 0.193. The van der Waals surface area contributed by atoms with Crippen molar-refractivity contribution < 1.29 is 27.9 Å². The molecule has 0 unspecified atom stereocenters. The largest absolute Gasteiger partial charge is 0.508 e. The van der Waals surface area contributed by atoms with Crippen LogP contribution in [-0.4, -0.2) is 10.0 Å². The van der Waals surface area contributed by atoms with E-state index >= 15 is 0 Å². The zero-order valence-electron chi connectivity index (χ0n) is 11.9. The van der Waals surface area contributed by atoms with Gasteiger partial charge >= 0.3 is 6.18 Å². The van der Waals surface area contributed by atoms with Crippen LogP contribution in [0.2, 0.25) is 0 Å². The third-order valence-corrected chi connectivity index (χ3v) is 3.22. The predicted octanol–water partition coefficient (Wildman–Crippen LogP) is 4.21. The molecular formula is C15H12F3NO4. The van der Waals surface area contributed by atoms with E-state index in [4.69, 9.17) is 4.74 Å². The highest BCUT2D eigenvalue weighted by Gasteiger charge is 2.35. The molecule has 0 aliphatic carbocycles. The van der Waals surface area contributed by atoms with Crippen LogP contribution in [0.25, 0.3) is 0 Å². The normalized spacial score (nSPS) is 11.3. The molecule has 0 aliphatic heterocycles. The first-order valence-corrected chi connectivity index (χ1v) is 6.46. The lowest BCUT2D eigenvalue weighted by Crippen LogP contribution is -2.09. The Kier molecular flexibility index (Phi) is 4.44. The van der Waals surface area contributed by atoms with Gasteiger partial charge in [-0.2, -0.15) is 13.2 Å². The van der Waals surface area contributed by atoms with Crippen molar-refractivity contribution in [2.45, 2.75) is 19.7 Å². The van der Waals surface area contributed by atoms with E-state index in [2.05, 4.69) is 0 Å². The van der Waals surface area contributed by atoms with Crippen LogP contribution in [0.3, 0.4) is 0 Å². The molecule has 2 rings (SSSR count). The molecule has 0 saturated carbocycles. The minimum Gasteiger partial charge on any atom is -0.508 e. The first-order chi connectivity index (χ1) is 10.7. The second-order valence-corrected chi connectivity index (χ2v) is 4.80. The maximum atomic E-state index is 12.9. The molecular weight excluding hydrogens is 315 g/mol. The number of phenolic OH excluding ortho intramolecular Hbond substituents is 1. The lowest BCUT2D eigenvalue weighted by atomic mass is 10.1. The smallest absolute Gasteiger partial charge is 0.420 e. The van der Waals surface area contributed by atoms with E-state index in [9.17, 15) is 28.4 Å². The van der Waals surface area contributed by atoms with E-state index in [1.54, 1.807) is 13.0 Å². The van der Waals surface area contributed by atoms with Gasteiger partial charge in [-0.25, -0.2) is 0 Å². The third kappa shape index (κ3) is 3.71. The summed E-state index contributed by atoms with van der Waals surface area (Å²) in [7, 11) is 0. The Morgan fingerprint density at radius 1 is 1.26 bits per heavy atom. The number of phenols is 1. The number of benzene rings is 2. The van der Waals surface area contributed by atoms with Crippen LogP contribution in [0.5, 0.6) is 11.5 Å². The van der Waals surface area contributed by atoms with E-state index in [0.29, 0.717) is 11.6 Å². The molecule has 2 aromatic carbocycles. The van der Waals surface area contributed by atoms with Crippen molar-refractivity contribution in [3.63, 3.8) is 0 Å². The van der Waals surface area contributed by atoms with Crippen LogP contribution in [0, 0.1) is 17.0 Å². The SMILES string of the molecule is Cc1cccc([N+](=O)[O-])c1COc1ccc(O)cc1C(F)(F)F. The first kappa shape index (κ1) is 16.6. The maximum Gasteiger partial charge on any atom is 0.420 e. The Labute approximate surface area is 129 Å². The molecule has 0 bridgehead atoms. The fourth-order valence-corrected chi connectivity index (χ4v) is 2.06. The Hall–Kier alpha value is -2.77. The first-order valence-electron chi connectivity index (χ1n) is 6.46. The van der Waals surface area contributed by atoms with Crippen LogP contribution < -0.4 is 4.74 Å².